The van der Waals surface area contributed by atoms with Gasteiger partial charge in [0.2, 0.25) is 5.91 Å². The lowest BCUT2D eigenvalue weighted by molar-refractivity contribution is -0.298. The number of ether oxygens (including phenoxy) is 2. The molecule has 7 atom stereocenters. The third kappa shape index (κ3) is 37.1. The van der Waals surface area contributed by atoms with Crippen LogP contribution in [0.5, 0.6) is 0 Å². The maximum atomic E-state index is 13.1. The van der Waals surface area contributed by atoms with Gasteiger partial charge in [-0.15, -0.1) is 0 Å². The Morgan fingerprint density at radius 1 is 0.582 bits per heavy atom. The van der Waals surface area contributed by atoms with Crippen LogP contribution in [-0.2, 0) is 28.9 Å². The first kappa shape index (κ1) is 63.6. The summed E-state index contributed by atoms with van der Waals surface area (Å²) in [7, 11) is -5.09. The Morgan fingerprint density at radius 3 is 1.34 bits per heavy atom. The van der Waals surface area contributed by atoms with Crippen molar-refractivity contribution in [1.29, 1.82) is 0 Å². The largest absolute Gasteiger partial charge is 0.397 e. The van der Waals surface area contributed by atoms with Crippen LogP contribution in [0.25, 0.3) is 0 Å². The van der Waals surface area contributed by atoms with Gasteiger partial charge in [-0.05, 0) is 44.9 Å². The summed E-state index contributed by atoms with van der Waals surface area (Å²) in [5.74, 6) is -0.264. The van der Waals surface area contributed by atoms with Gasteiger partial charge in [0.25, 0.3) is 0 Å². The summed E-state index contributed by atoms with van der Waals surface area (Å²) in [4.78, 5) is 13.1. The second kappa shape index (κ2) is 44.5. The minimum Gasteiger partial charge on any atom is -0.394 e. The fraction of sp³-hybridized carbons (Fsp3) is 0.907. The Hall–Kier alpha value is -1.42. The first-order valence-electron chi connectivity index (χ1n) is 27.7. The molecule has 6 N–H and O–H groups in total. The molecular weight excluding hydrogens is 871 g/mol. The van der Waals surface area contributed by atoms with Gasteiger partial charge in [0, 0.05) is 6.42 Å². The number of carbonyl (C=O) groups is 1. The molecule has 0 aromatic carbocycles. The zero-order valence-electron chi connectivity index (χ0n) is 42.7. The molecule has 0 spiro atoms. The summed E-state index contributed by atoms with van der Waals surface area (Å²) < 4.78 is 47.8. The lowest BCUT2D eigenvalue weighted by atomic mass is 9.99. The summed E-state index contributed by atoms with van der Waals surface area (Å²) in [6, 6.07) is -0.945. The molecule has 1 fully saturated rings. The number of hydrogen-bond acceptors (Lipinski definition) is 10. The van der Waals surface area contributed by atoms with E-state index < -0.39 is 59.9 Å². The Kier molecular flexibility index (Phi) is 42.3. The molecule has 13 heteroatoms. The molecule has 0 bridgehead atoms. The van der Waals surface area contributed by atoms with Crippen molar-refractivity contribution < 1.29 is 51.8 Å². The number of aliphatic hydroxyl groups is 4. The lowest BCUT2D eigenvalue weighted by Crippen LogP contribution is -2.61. The average Bonchev–Trinajstić information content (AvgIpc) is 3.30. The molecule has 0 saturated carbocycles. The average molecular weight is 974 g/mol. The molecule has 1 rings (SSSR count). The van der Waals surface area contributed by atoms with E-state index in [4.69, 9.17) is 9.47 Å². The van der Waals surface area contributed by atoms with Crippen molar-refractivity contribution in [2.75, 3.05) is 13.2 Å². The fourth-order valence-electron chi connectivity index (χ4n) is 8.92. The van der Waals surface area contributed by atoms with Crippen molar-refractivity contribution in [1.82, 2.24) is 5.32 Å². The van der Waals surface area contributed by atoms with Gasteiger partial charge in [-0.25, -0.2) is 4.18 Å². The molecule has 1 aliphatic heterocycles. The van der Waals surface area contributed by atoms with Crippen LogP contribution >= 0.6 is 0 Å². The van der Waals surface area contributed by atoms with E-state index in [0.717, 1.165) is 44.9 Å². The van der Waals surface area contributed by atoms with Gasteiger partial charge < -0.3 is 35.2 Å². The molecular formula is C54H103NO11S. The molecule has 0 aromatic rings. The third-order valence-electron chi connectivity index (χ3n) is 13.2. The van der Waals surface area contributed by atoms with Crippen LogP contribution in [0.4, 0.5) is 0 Å². The molecule has 12 nitrogen and oxygen atoms in total. The molecule has 0 aliphatic carbocycles. The highest BCUT2D eigenvalue weighted by molar-refractivity contribution is 7.80. The fourth-order valence-corrected chi connectivity index (χ4v) is 9.43. The molecule has 1 heterocycles. The highest BCUT2D eigenvalue weighted by Crippen LogP contribution is 2.26. The van der Waals surface area contributed by atoms with E-state index in [-0.39, 0.29) is 18.9 Å². The van der Waals surface area contributed by atoms with Gasteiger partial charge in [0.05, 0.1) is 25.4 Å². The van der Waals surface area contributed by atoms with Gasteiger partial charge in [-0.3, -0.25) is 9.35 Å². The quantitative estimate of drug-likeness (QED) is 0.0193. The predicted molar refractivity (Wildman–Crippen MR) is 273 cm³/mol. The van der Waals surface area contributed by atoms with E-state index >= 15 is 0 Å². The number of unbranched alkanes of at least 4 members (excludes halogenated alkanes) is 34. The van der Waals surface area contributed by atoms with Crippen LogP contribution in [0.1, 0.15) is 258 Å². The molecule has 0 aromatic heterocycles. The van der Waals surface area contributed by atoms with E-state index in [1.807, 2.05) is 6.08 Å². The Labute approximate surface area is 410 Å². The van der Waals surface area contributed by atoms with E-state index in [1.165, 1.54) is 186 Å². The Balaban J connectivity index is 2.40. The number of carbonyl (C=O) groups excluding carboxylic acids is 1. The second-order valence-electron chi connectivity index (χ2n) is 19.5. The van der Waals surface area contributed by atoms with Crippen LogP contribution in [0.2, 0.25) is 0 Å². The molecule has 0 radical (unpaired) electrons. The highest BCUT2D eigenvalue weighted by Gasteiger charge is 2.48. The Morgan fingerprint density at radius 2 is 0.955 bits per heavy atom. The molecule has 1 aliphatic rings. The summed E-state index contributed by atoms with van der Waals surface area (Å²) >= 11 is 0. The van der Waals surface area contributed by atoms with Crippen LogP contribution in [0.3, 0.4) is 0 Å². The predicted octanol–water partition coefficient (Wildman–Crippen LogP) is 12.5. The topological polar surface area (TPSA) is 192 Å². The van der Waals surface area contributed by atoms with E-state index in [2.05, 4.69) is 35.5 Å². The number of aliphatic hydroxyl groups excluding tert-OH is 4. The second-order valence-corrected chi connectivity index (χ2v) is 20.6. The SMILES string of the molecule is CCCCCCCCCCCCCC/C=C\CCCCCCCCCC(=O)NC(COC1OC(CO)C(O)C(OS(=O)(=O)O)C1O)C(O)/C=C/CCCCCCCCCCCCCCCCC. The Bertz CT molecular complexity index is 1280. The number of rotatable bonds is 48. The maximum absolute atomic E-state index is 13.1. The lowest BCUT2D eigenvalue weighted by Gasteiger charge is -2.41. The normalized spacial score (nSPS) is 20.0. The highest BCUT2D eigenvalue weighted by atomic mass is 32.3. The van der Waals surface area contributed by atoms with E-state index in [1.54, 1.807) is 6.08 Å². The molecule has 67 heavy (non-hydrogen) atoms. The van der Waals surface area contributed by atoms with Gasteiger partial charge in [0.1, 0.15) is 24.4 Å². The smallest absolute Gasteiger partial charge is 0.394 e. The molecule has 396 valence electrons. The van der Waals surface area contributed by atoms with E-state index in [0.29, 0.717) is 6.42 Å². The standard InChI is InChI=1S/C54H103NO11S/c1-3-5-7-9-11-13-15-17-19-21-22-23-24-25-26-28-30-32-34-36-38-40-42-44-50(58)55-47(46-64-54-52(60)53(66-67(61,62)63)51(59)49(45-56)65-54)48(57)43-41-39-37-35-33-31-29-27-20-18-16-14-12-10-8-6-4-2/h25-26,41,43,47-49,51-54,56-57,59-60H,3-24,27-40,42,44-46H2,1-2H3,(H,55,58)(H,61,62,63)/b26-25-,43-41+. The van der Waals surface area contributed by atoms with Gasteiger partial charge in [-0.1, -0.05) is 231 Å². The van der Waals surface area contributed by atoms with Crippen LogP contribution < -0.4 is 5.32 Å². The summed E-state index contributed by atoms with van der Waals surface area (Å²) in [5.41, 5.74) is 0. The van der Waals surface area contributed by atoms with Crippen molar-refractivity contribution in [2.24, 2.45) is 0 Å². The van der Waals surface area contributed by atoms with Gasteiger partial charge >= 0.3 is 10.4 Å². The minimum atomic E-state index is -5.09. The first-order valence-corrected chi connectivity index (χ1v) is 29.1. The summed E-state index contributed by atoms with van der Waals surface area (Å²) in [6.07, 6.45) is 45.0. The summed E-state index contributed by atoms with van der Waals surface area (Å²) in [6.45, 7) is 3.42. The zero-order chi connectivity index (χ0) is 49.1. The molecule has 1 amide bonds. The molecule has 7 unspecified atom stereocenters. The van der Waals surface area contributed by atoms with Crippen LogP contribution in [0, 0.1) is 0 Å². The zero-order valence-corrected chi connectivity index (χ0v) is 43.5. The minimum absolute atomic E-state index is 0.264. The van der Waals surface area contributed by atoms with E-state index in [9.17, 15) is 38.2 Å². The van der Waals surface area contributed by atoms with Crippen LogP contribution in [-0.4, -0.2) is 95.4 Å². The van der Waals surface area contributed by atoms with Crippen molar-refractivity contribution in [2.45, 2.75) is 301 Å². The van der Waals surface area contributed by atoms with Crippen molar-refractivity contribution >= 4 is 16.3 Å². The number of nitrogens with one attached hydrogen (secondary N) is 1. The van der Waals surface area contributed by atoms with Crippen molar-refractivity contribution in [3.8, 4) is 0 Å². The molecule has 1 saturated heterocycles. The maximum Gasteiger partial charge on any atom is 0.397 e. The number of hydrogen-bond donors (Lipinski definition) is 6. The van der Waals surface area contributed by atoms with Crippen molar-refractivity contribution in [3.63, 3.8) is 0 Å². The van der Waals surface area contributed by atoms with Crippen LogP contribution in [0.15, 0.2) is 24.3 Å². The number of allylic oxidation sites excluding steroid dienone is 3. The number of amides is 1. The summed E-state index contributed by atoms with van der Waals surface area (Å²) in [5, 5.41) is 44.9. The van der Waals surface area contributed by atoms with Gasteiger partial charge in [0.15, 0.2) is 6.29 Å². The van der Waals surface area contributed by atoms with Gasteiger partial charge in [-0.2, -0.15) is 8.42 Å². The third-order valence-corrected chi connectivity index (χ3v) is 13.7. The first-order chi connectivity index (χ1) is 32.5. The monoisotopic (exact) mass is 974 g/mol. The van der Waals surface area contributed by atoms with Crippen molar-refractivity contribution in [3.05, 3.63) is 24.3 Å².